The maximum absolute atomic E-state index is 12.9. The van der Waals surface area contributed by atoms with Crippen LogP contribution in [0.4, 0.5) is 35.1 Å². The fourth-order valence-corrected chi connectivity index (χ4v) is 1.32. The van der Waals surface area contributed by atoms with E-state index in [4.69, 9.17) is 15.3 Å². The minimum atomic E-state index is -4.54. The first-order valence-corrected chi connectivity index (χ1v) is 7.22. The lowest BCUT2D eigenvalue weighted by atomic mass is 10.2. The zero-order valence-corrected chi connectivity index (χ0v) is 13.7. The van der Waals surface area contributed by atoms with Crippen LogP contribution in [0.1, 0.15) is 5.56 Å². The zero-order valence-electron chi connectivity index (χ0n) is 13.7. The molecule has 158 valence electrons. The van der Waals surface area contributed by atoms with Gasteiger partial charge >= 0.3 is 23.7 Å². The fraction of sp³-hybridized carbons (Fsp3) is 0.600. The standard InChI is InChI=1S/C11H12F4O2.C4H6F4O2/c12-10(13,7-16)11(14,15)8-17-6-9-4-2-1-3-5-9;5-3(6,1-9)4(7,8)2-10/h1-5,16H,6-8H2;9-10H,1-2H2. The molecule has 0 unspecified atom stereocenters. The third-order valence-electron chi connectivity index (χ3n) is 3.06. The predicted octanol–water partition coefficient (Wildman–Crippen LogP) is 2.71. The quantitative estimate of drug-likeness (QED) is 0.544. The Morgan fingerprint density at radius 2 is 1.00 bits per heavy atom. The van der Waals surface area contributed by atoms with Gasteiger partial charge in [0.25, 0.3) is 0 Å². The van der Waals surface area contributed by atoms with Crippen LogP contribution in [-0.2, 0) is 11.3 Å². The van der Waals surface area contributed by atoms with Crippen LogP contribution in [0.15, 0.2) is 30.3 Å². The van der Waals surface area contributed by atoms with Crippen LogP contribution < -0.4 is 0 Å². The summed E-state index contributed by atoms with van der Waals surface area (Å²) in [6, 6.07) is 8.35. The highest BCUT2D eigenvalue weighted by Gasteiger charge is 2.56. The maximum atomic E-state index is 12.9. The summed E-state index contributed by atoms with van der Waals surface area (Å²) < 4.78 is 103. The molecule has 1 aromatic rings. The van der Waals surface area contributed by atoms with Gasteiger partial charge in [-0.15, -0.1) is 0 Å². The molecule has 0 heterocycles. The summed E-state index contributed by atoms with van der Waals surface area (Å²) >= 11 is 0. The van der Waals surface area contributed by atoms with Gasteiger partial charge in [0.05, 0.1) is 6.61 Å². The third kappa shape index (κ3) is 7.56. The van der Waals surface area contributed by atoms with E-state index in [1.54, 1.807) is 30.3 Å². The number of rotatable bonds is 9. The van der Waals surface area contributed by atoms with Crippen molar-refractivity contribution in [3.63, 3.8) is 0 Å². The molecule has 4 nitrogen and oxygen atoms in total. The van der Waals surface area contributed by atoms with Crippen molar-refractivity contribution in [1.82, 2.24) is 0 Å². The number of aliphatic hydroxyl groups is 3. The average Bonchev–Trinajstić information content (AvgIpc) is 2.62. The van der Waals surface area contributed by atoms with Gasteiger partial charge in [0.15, 0.2) is 0 Å². The Bertz CT molecular complexity index is 526. The van der Waals surface area contributed by atoms with Crippen molar-refractivity contribution in [2.45, 2.75) is 30.3 Å². The van der Waals surface area contributed by atoms with Crippen LogP contribution in [0, 0.1) is 0 Å². The lowest BCUT2D eigenvalue weighted by Crippen LogP contribution is -2.46. The van der Waals surface area contributed by atoms with Crippen molar-refractivity contribution < 1.29 is 55.2 Å². The first kappa shape index (κ1) is 25.5. The second-order valence-corrected chi connectivity index (χ2v) is 5.27. The van der Waals surface area contributed by atoms with Crippen molar-refractivity contribution in [1.29, 1.82) is 0 Å². The Morgan fingerprint density at radius 3 is 1.37 bits per heavy atom. The number of hydrogen-bond acceptors (Lipinski definition) is 4. The van der Waals surface area contributed by atoms with Crippen LogP contribution in [0.3, 0.4) is 0 Å². The summed E-state index contributed by atoms with van der Waals surface area (Å²) in [5.41, 5.74) is 0.607. The molecule has 3 N–H and O–H groups in total. The van der Waals surface area contributed by atoms with E-state index in [-0.39, 0.29) is 6.61 Å². The number of aliphatic hydroxyl groups excluding tert-OH is 3. The molecule has 0 saturated carbocycles. The van der Waals surface area contributed by atoms with Crippen molar-refractivity contribution >= 4 is 0 Å². The molecule has 0 saturated heterocycles. The van der Waals surface area contributed by atoms with E-state index in [1.807, 2.05) is 0 Å². The number of alkyl halides is 8. The summed E-state index contributed by atoms with van der Waals surface area (Å²) in [7, 11) is 0. The molecule has 1 rings (SSSR count). The molecule has 0 aromatic heterocycles. The Labute approximate surface area is 149 Å². The SMILES string of the molecule is OCC(F)(F)C(F)(F)CO.OCC(F)(F)C(F)(F)COCc1ccccc1. The van der Waals surface area contributed by atoms with Crippen molar-refractivity contribution in [3.8, 4) is 0 Å². The third-order valence-corrected chi connectivity index (χ3v) is 3.06. The second-order valence-electron chi connectivity index (χ2n) is 5.27. The van der Waals surface area contributed by atoms with E-state index < -0.39 is 50.1 Å². The van der Waals surface area contributed by atoms with E-state index in [0.29, 0.717) is 5.56 Å². The monoisotopic (exact) mass is 414 g/mol. The van der Waals surface area contributed by atoms with Gasteiger partial charge in [-0.3, -0.25) is 0 Å². The maximum Gasteiger partial charge on any atom is 0.335 e. The van der Waals surface area contributed by atoms with Crippen LogP contribution in [0.5, 0.6) is 0 Å². The molecule has 1 aromatic carbocycles. The van der Waals surface area contributed by atoms with E-state index >= 15 is 0 Å². The minimum absolute atomic E-state index is 0.183. The number of halogens is 8. The fourth-order valence-electron chi connectivity index (χ4n) is 1.32. The number of hydrogen-bond donors (Lipinski definition) is 3. The molecule has 0 fully saturated rings. The molecular formula is C15H18F8O4. The van der Waals surface area contributed by atoms with Crippen LogP contribution in [-0.4, -0.2) is 65.4 Å². The molecule has 0 spiro atoms. The van der Waals surface area contributed by atoms with Gasteiger partial charge in [0.2, 0.25) is 0 Å². The summed E-state index contributed by atoms with van der Waals surface area (Å²) in [4.78, 5) is 0. The normalized spacial score (nSPS) is 13.1. The Kier molecular flexibility index (Phi) is 9.59. The lowest BCUT2D eigenvalue weighted by Gasteiger charge is -2.24. The highest BCUT2D eigenvalue weighted by molar-refractivity contribution is 5.13. The number of ether oxygens (including phenoxy) is 1. The second kappa shape index (κ2) is 10.2. The molecule has 27 heavy (non-hydrogen) atoms. The van der Waals surface area contributed by atoms with Crippen LogP contribution >= 0.6 is 0 Å². The van der Waals surface area contributed by atoms with Gasteiger partial charge in [0, 0.05) is 0 Å². The van der Waals surface area contributed by atoms with Gasteiger partial charge in [-0.05, 0) is 5.56 Å². The molecule has 0 aliphatic carbocycles. The van der Waals surface area contributed by atoms with Crippen molar-refractivity contribution in [2.24, 2.45) is 0 Å². The molecule has 0 aliphatic rings. The first-order chi connectivity index (χ1) is 12.3. The summed E-state index contributed by atoms with van der Waals surface area (Å²) in [6.07, 6.45) is 0. The number of benzene rings is 1. The molecule has 12 heteroatoms. The lowest BCUT2D eigenvalue weighted by molar-refractivity contribution is -0.246. The Morgan fingerprint density at radius 1 is 0.630 bits per heavy atom. The molecule has 0 aliphatic heterocycles. The van der Waals surface area contributed by atoms with E-state index in [2.05, 4.69) is 4.74 Å². The van der Waals surface area contributed by atoms with Crippen molar-refractivity contribution in [2.75, 3.05) is 26.4 Å². The Balaban J connectivity index is 0.000000580. The minimum Gasteiger partial charge on any atom is -0.390 e. The highest BCUT2D eigenvalue weighted by Crippen LogP contribution is 2.34. The van der Waals surface area contributed by atoms with Crippen LogP contribution in [0.2, 0.25) is 0 Å². The topological polar surface area (TPSA) is 69.9 Å². The summed E-state index contributed by atoms with van der Waals surface area (Å²) in [6.45, 7) is -7.47. The summed E-state index contributed by atoms with van der Waals surface area (Å²) in [5.74, 6) is -17.9. The zero-order chi connectivity index (χ0) is 21.4. The largest absolute Gasteiger partial charge is 0.390 e. The van der Waals surface area contributed by atoms with E-state index in [0.717, 1.165) is 0 Å². The first-order valence-electron chi connectivity index (χ1n) is 7.22. The molecule has 0 amide bonds. The van der Waals surface area contributed by atoms with E-state index in [1.165, 1.54) is 0 Å². The molecular weight excluding hydrogens is 396 g/mol. The van der Waals surface area contributed by atoms with E-state index in [9.17, 15) is 35.1 Å². The van der Waals surface area contributed by atoms with Crippen LogP contribution in [0.25, 0.3) is 0 Å². The highest BCUT2D eigenvalue weighted by atomic mass is 19.3. The Hall–Kier alpha value is -1.50. The van der Waals surface area contributed by atoms with Gasteiger partial charge < -0.3 is 20.1 Å². The molecule has 0 bridgehead atoms. The predicted molar refractivity (Wildman–Crippen MR) is 77.1 cm³/mol. The van der Waals surface area contributed by atoms with Gasteiger partial charge in [-0.2, -0.15) is 35.1 Å². The molecule has 0 radical (unpaired) electrons. The smallest absolute Gasteiger partial charge is 0.335 e. The van der Waals surface area contributed by atoms with Crippen molar-refractivity contribution in [3.05, 3.63) is 35.9 Å². The molecule has 0 atom stereocenters. The van der Waals surface area contributed by atoms with Gasteiger partial charge in [0.1, 0.15) is 26.4 Å². The van der Waals surface area contributed by atoms with Gasteiger partial charge in [-0.25, -0.2) is 0 Å². The summed E-state index contributed by atoms with van der Waals surface area (Å²) in [5, 5.41) is 23.6. The van der Waals surface area contributed by atoms with Gasteiger partial charge in [-0.1, -0.05) is 30.3 Å². The average molecular weight is 414 g/mol.